The standard InChI is InChI=1S/C28H33FN8O3/c1-17(38)22-8-7-18(13-30-22)33-28-32-15-21(29)25(35-28)20-14-31-26-19(20)5-4-6-23(26)34-27(39)24(16-40-3)37-11-9-36(2)10-12-37/h4-8,13-15,17,24,31,38H,9-12,16H2,1-3H3,(H,34,39)(H,32,33,35). The number of aliphatic hydroxyl groups is 1. The Balaban J connectivity index is 1.39. The molecule has 2 atom stereocenters. The Hall–Kier alpha value is -3.97. The van der Waals surface area contributed by atoms with Crippen LogP contribution in [0, 0.1) is 5.82 Å². The number of anilines is 3. The molecule has 0 saturated carbocycles. The summed E-state index contributed by atoms with van der Waals surface area (Å²) in [5.41, 5.74) is 3.01. The van der Waals surface area contributed by atoms with Crippen LogP contribution in [0.5, 0.6) is 0 Å². The van der Waals surface area contributed by atoms with Crippen LogP contribution in [0.25, 0.3) is 22.2 Å². The average molecular weight is 549 g/mol. The maximum atomic E-state index is 15.0. The number of benzene rings is 1. The quantitative estimate of drug-likeness (QED) is 0.249. The highest BCUT2D eigenvalue weighted by Gasteiger charge is 2.29. The number of aromatic nitrogens is 4. The summed E-state index contributed by atoms with van der Waals surface area (Å²) in [5, 5.41) is 16.4. The van der Waals surface area contributed by atoms with Gasteiger partial charge in [0.25, 0.3) is 0 Å². The lowest BCUT2D eigenvalue weighted by Crippen LogP contribution is -2.54. The van der Waals surface area contributed by atoms with E-state index in [-0.39, 0.29) is 24.2 Å². The summed E-state index contributed by atoms with van der Waals surface area (Å²) in [6.07, 6.45) is 3.64. The molecule has 12 heteroatoms. The Labute approximate surface area is 231 Å². The molecule has 1 aromatic carbocycles. The molecule has 4 N–H and O–H groups in total. The van der Waals surface area contributed by atoms with Crippen molar-refractivity contribution >= 4 is 34.1 Å². The summed E-state index contributed by atoms with van der Waals surface area (Å²) in [6.45, 7) is 5.23. The highest BCUT2D eigenvalue weighted by molar-refractivity contribution is 6.06. The van der Waals surface area contributed by atoms with Gasteiger partial charge < -0.3 is 30.4 Å². The van der Waals surface area contributed by atoms with Crippen LogP contribution in [0.4, 0.5) is 21.7 Å². The fourth-order valence-electron chi connectivity index (χ4n) is 4.78. The molecule has 1 aliphatic rings. The smallest absolute Gasteiger partial charge is 0.244 e. The molecule has 1 amide bonds. The molecular formula is C28H33FN8O3. The highest BCUT2D eigenvalue weighted by Crippen LogP contribution is 2.33. The maximum Gasteiger partial charge on any atom is 0.244 e. The zero-order chi connectivity index (χ0) is 28.2. The Kier molecular flexibility index (Phi) is 8.31. The lowest BCUT2D eigenvalue weighted by Gasteiger charge is -2.36. The van der Waals surface area contributed by atoms with Crippen molar-refractivity contribution in [1.29, 1.82) is 0 Å². The van der Waals surface area contributed by atoms with Gasteiger partial charge in [-0.3, -0.25) is 14.7 Å². The number of hydrogen-bond donors (Lipinski definition) is 4. The molecule has 11 nitrogen and oxygen atoms in total. The minimum absolute atomic E-state index is 0.107. The fourth-order valence-corrected chi connectivity index (χ4v) is 4.78. The molecule has 4 heterocycles. The third-order valence-corrected chi connectivity index (χ3v) is 7.05. The van der Waals surface area contributed by atoms with Crippen LogP contribution in [0.1, 0.15) is 18.7 Å². The molecule has 0 spiro atoms. The number of carbonyl (C=O) groups excluding carboxylic acids is 1. The van der Waals surface area contributed by atoms with Crippen molar-refractivity contribution in [1.82, 2.24) is 29.7 Å². The normalized spacial score (nSPS) is 16.1. The molecule has 0 radical (unpaired) electrons. The van der Waals surface area contributed by atoms with E-state index in [1.165, 1.54) is 0 Å². The molecule has 1 saturated heterocycles. The van der Waals surface area contributed by atoms with Crippen molar-refractivity contribution in [3.8, 4) is 11.3 Å². The van der Waals surface area contributed by atoms with Crippen LogP contribution in [-0.4, -0.2) is 93.7 Å². The monoisotopic (exact) mass is 548 g/mol. The van der Waals surface area contributed by atoms with Gasteiger partial charge in [-0.1, -0.05) is 12.1 Å². The number of pyridine rings is 1. The van der Waals surface area contributed by atoms with Crippen LogP contribution in [-0.2, 0) is 9.53 Å². The fraction of sp³-hybridized carbons (Fsp3) is 0.357. The van der Waals surface area contributed by atoms with E-state index in [1.54, 1.807) is 38.6 Å². The first-order chi connectivity index (χ1) is 19.3. The topological polar surface area (TPSA) is 132 Å². The Morgan fingerprint density at radius 1 is 1.18 bits per heavy atom. The van der Waals surface area contributed by atoms with E-state index in [4.69, 9.17) is 4.74 Å². The van der Waals surface area contributed by atoms with Gasteiger partial charge in [-0.25, -0.2) is 14.4 Å². The zero-order valence-electron chi connectivity index (χ0n) is 22.7. The van der Waals surface area contributed by atoms with E-state index in [0.717, 1.165) is 32.4 Å². The number of ether oxygens (including phenoxy) is 1. The van der Waals surface area contributed by atoms with E-state index < -0.39 is 18.0 Å². The van der Waals surface area contributed by atoms with Gasteiger partial charge in [-0.05, 0) is 32.2 Å². The Morgan fingerprint density at radius 2 is 1.98 bits per heavy atom. The lowest BCUT2D eigenvalue weighted by atomic mass is 10.1. The van der Waals surface area contributed by atoms with Crippen molar-refractivity contribution < 1.29 is 19.0 Å². The van der Waals surface area contributed by atoms with Gasteiger partial charge in [-0.2, -0.15) is 0 Å². The summed E-state index contributed by atoms with van der Waals surface area (Å²) in [6, 6.07) is 8.46. The van der Waals surface area contributed by atoms with Crippen LogP contribution in [0.15, 0.2) is 48.9 Å². The second-order valence-electron chi connectivity index (χ2n) is 9.89. The molecule has 2 unspecified atom stereocenters. The third-order valence-electron chi connectivity index (χ3n) is 7.05. The van der Waals surface area contributed by atoms with Crippen LogP contribution >= 0.6 is 0 Å². The molecule has 1 aliphatic heterocycles. The van der Waals surface area contributed by atoms with E-state index in [9.17, 15) is 14.3 Å². The molecule has 210 valence electrons. The Morgan fingerprint density at radius 3 is 2.67 bits per heavy atom. The van der Waals surface area contributed by atoms with Gasteiger partial charge in [0.05, 0.1) is 47.7 Å². The van der Waals surface area contributed by atoms with E-state index in [1.807, 2.05) is 18.2 Å². The molecule has 0 bridgehead atoms. The molecular weight excluding hydrogens is 515 g/mol. The first kappa shape index (κ1) is 27.6. The molecule has 1 fully saturated rings. The zero-order valence-corrected chi connectivity index (χ0v) is 22.7. The number of aromatic amines is 1. The number of carbonyl (C=O) groups is 1. The van der Waals surface area contributed by atoms with Crippen LogP contribution in [0.3, 0.4) is 0 Å². The molecule has 4 aromatic rings. The third kappa shape index (κ3) is 5.94. The first-order valence-electron chi connectivity index (χ1n) is 13.1. The second-order valence-corrected chi connectivity index (χ2v) is 9.89. The number of aliphatic hydroxyl groups excluding tert-OH is 1. The molecule has 0 aliphatic carbocycles. The summed E-state index contributed by atoms with van der Waals surface area (Å²) < 4.78 is 20.4. The number of H-pyrrole nitrogens is 1. The van der Waals surface area contributed by atoms with Gasteiger partial charge >= 0.3 is 0 Å². The number of halogens is 1. The SMILES string of the molecule is COCC(C(=O)Nc1cccc2c(-c3nc(Nc4ccc(C(C)O)nc4)ncc3F)c[nH]c12)N1CCN(C)CC1. The second kappa shape index (κ2) is 12.0. The largest absolute Gasteiger partial charge is 0.387 e. The molecule has 3 aromatic heterocycles. The van der Waals surface area contributed by atoms with Crippen molar-refractivity contribution in [2.75, 3.05) is 57.6 Å². The van der Waals surface area contributed by atoms with Gasteiger partial charge in [0.1, 0.15) is 11.7 Å². The average Bonchev–Trinajstić information content (AvgIpc) is 3.38. The highest BCUT2D eigenvalue weighted by atomic mass is 19.1. The van der Waals surface area contributed by atoms with Crippen LogP contribution in [0.2, 0.25) is 0 Å². The predicted molar refractivity (Wildman–Crippen MR) is 151 cm³/mol. The van der Waals surface area contributed by atoms with Crippen molar-refractivity contribution in [3.63, 3.8) is 0 Å². The number of likely N-dealkylation sites (N-methyl/N-ethyl adjacent to an activating group) is 1. The number of nitrogens with zero attached hydrogens (tertiary/aromatic N) is 5. The number of fused-ring (bicyclic) bond motifs is 1. The number of rotatable bonds is 9. The van der Waals surface area contributed by atoms with Gasteiger partial charge in [0, 0.05) is 50.4 Å². The lowest BCUT2D eigenvalue weighted by molar-refractivity contribution is -0.124. The first-order valence-corrected chi connectivity index (χ1v) is 13.1. The van der Waals surface area contributed by atoms with Crippen LogP contribution < -0.4 is 10.6 Å². The van der Waals surface area contributed by atoms with E-state index in [2.05, 4.69) is 47.4 Å². The van der Waals surface area contributed by atoms with Crippen molar-refractivity contribution in [3.05, 3.63) is 60.4 Å². The van der Waals surface area contributed by atoms with Gasteiger partial charge in [0.2, 0.25) is 11.9 Å². The predicted octanol–water partition coefficient (Wildman–Crippen LogP) is 3.16. The minimum Gasteiger partial charge on any atom is -0.387 e. The summed E-state index contributed by atoms with van der Waals surface area (Å²) >= 11 is 0. The maximum absolute atomic E-state index is 15.0. The number of para-hydroxylation sites is 1. The number of hydrogen-bond acceptors (Lipinski definition) is 9. The van der Waals surface area contributed by atoms with Crippen molar-refractivity contribution in [2.45, 2.75) is 19.1 Å². The van der Waals surface area contributed by atoms with Gasteiger partial charge in [-0.15, -0.1) is 0 Å². The Bertz CT molecular complexity index is 1470. The van der Waals surface area contributed by atoms with Gasteiger partial charge in [0.15, 0.2) is 5.82 Å². The van der Waals surface area contributed by atoms with Crippen molar-refractivity contribution in [2.24, 2.45) is 0 Å². The molecule has 5 rings (SSSR count). The number of piperazine rings is 1. The summed E-state index contributed by atoms with van der Waals surface area (Å²) in [5.74, 6) is -0.556. The van der Waals surface area contributed by atoms with E-state index in [0.29, 0.717) is 33.5 Å². The summed E-state index contributed by atoms with van der Waals surface area (Å²) in [7, 11) is 3.66. The van der Waals surface area contributed by atoms with E-state index >= 15 is 0 Å². The number of methoxy groups -OCH3 is 1. The summed E-state index contributed by atoms with van der Waals surface area (Å²) in [4.78, 5) is 33.6. The minimum atomic E-state index is -0.683. The number of nitrogens with one attached hydrogen (secondary N) is 3. The number of amides is 1. The molecule has 40 heavy (non-hydrogen) atoms.